The highest BCUT2D eigenvalue weighted by Crippen LogP contribution is 2.36. The van der Waals surface area contributed by atoms with Gasteiger partial charge in [-0.1, -0.05) is 19.1 Å². The third-order valence-corrected chi connectivity index (χ3v) is 6.01. The number of hydrogen-bond donors (Lipinski definition) is 3. The van der Waals surface area contributed by atoms with Gasteiger partial charge in [-0.2, -0.15) is 0 Å². The van der Waals surface area contributed by atoms with Gasteiger partial charge in [0.25, 0.3) is 0 Å². The molecular weight excluding hydrogens is 416 g/mol. The van der Waals surface area contributed by atoms with Crippen molar-refractivity contribution >= 4 is 23.0 Å². The Balaban J connectivity index is 1.55. The molecule has 0 aliphatic carbocycles. The lowest BCUT2D eigenvalue weighted by atomic mass is 10.0. The van der Waals surface area contributed by atoms with E-state index in [1.54, 1.807) is 7.11 Å². The lowest BCUT2D eigenvalue weighted by molar-refractivity contribution is -0.117. The van der Waals surface area contributed by atoms with Gasteiger partial charge < -0.3 is 25.4 Å². The summed E-state index contributed by atoms with van der Waals surface area (Å²) in [5, 5.41) is 16.4. The summed E-state index contributed by atoms with van der Waals surface area (Å²) in [6, 6.07) is 13.9. The van der Waals surface area contributed by atoms with Crippen molar-refractivity contribution in [1.82, 2.24) is 4.90 Å². The normalized spacial score (nSPS) is 19.0. The van der Waals surface area contributed by atoms with Crippen molar-refractivity contribution in [2.45, 2.75) is 39.0 Å². The van der Waals surface area contributed by atoms with Gasteiger partial charge >= 0.3 is 0 Å². The fourth-order valence-electron chi connectivity index (χ4n) is 4.10. The number of carbonyl (C=O) groups is 1. The molecule has 3 N–H and O–H groups in total. The number of aliphatic hydroxyl groups excluding tert-OH is 1. The molecule has 2 atom stereocenters. The fraction of sp³-hybridized carbons (Fsp3) is 0.308. The number of anilines is 2. The van der Waals surface area contributed by atoms with Gasteiger partial charge in [0.15, 0.2) is 11.6 Å². The number of aliphatic hydroxyl groups is 1. The van der Waals surface area contributed by atoms with Crippen molar-refractivity contribution in [2.24, 2.45) is 4.99 Å². The van der Waals surface area contributed by atoms with Crippen LogP contribution in [0.2, 0.25) is 0 Å². The maximum absolute atomic E-state index is 11.6. The molecule has 2 aromatic rings. The number of fused-ring (bicyclic) bond motifs is 1. The topological polar surface area (TPSA) is 86.2 Å². The number of carbonyl (C=O) groups excluding carboxylic acids is 1. The zero-order valence-corrected chi connectivity index (χ0v) is 19.2. The Hall–Kier alpha value is -3.58. The highest BCUT2D eigenvalue weighted by Gasteiger charge is 2.35. The number of amidine groups is 1. The second-order valence-corrected chi connectivity index (χ2v) is 8.14. The summed E-state index contributed by atoms with van der Waals surface area (Å²) in [6.45, 7) is 4.13. The van der Waals surface area contributed by atoms with E-state index in [0.29, 0.717) is 6.42 Å². The van der Waals surface area contributed by atoms with E-state index in [-0.39, 0.29) is 31.0 Å². The Kier molecular flexibility index (Phi) is 6.79. The SMILES string of the molecule is CCC(=O)CNc1ccc(NC2=CC=CN3C2=NC(c2cccc(OC)c2)C3C)cc1CO. The Morgan fingerprint density at radius 2 is 2.09 bits per heavy atom. The van der Waals surface area contributed by atoms with Crippen molar-refractivity contribution in [3.05, 3.63) is 77.6 Å². The number of ketones is 1. The summed E-state index contributed by atoms with van der Waals surface area (Å²) in [4.78, 5) is 18.8. The third-order valence-electron chi connectivity index (χ3n) is 6.01. The van der Waals surface area contributed by atoms with Gasteiger partial charge in [0.05, 0.1) is 38.0 Å². The average Bonchev–Trinajstić information content (AvgIpc) is 3.20. The second-order valence-electron chi connectivity index (χ2n) is 8.14. The predicted octanol–water partition coefficient (Wildman–Crippen LogP) is 4.25. The first-order valence-corrected chi connectivity index (χ1v) is 11.2. The number of benzene rings is 2. The zero-order chi connectivity index (χ0) is 23.4. The molecule has 0 radical (unpaired) electrons. The summed E-state index contributed by atoms with van der Waals surface area (Å²) in [5.74, 6) is 1.82. The van der Waals surface area contributed by atoms with E-state index in [2.05, 4.69) is 28.5 Å². The number of aliphatic imine (C=N–C) groups is 1. The van der Waals surface area contributed by atoms with Crippen LogP contribution in [-0.2, 0) is 11.4 Å². The quantitative estimate of drug-likeness (QED) is 0.534. The van der Waals surface area contributed by atoms with Crippen LogP contribution >= 0.6 is 0 Å². The maximum atomic E-state index is 11.6. The second kappa shape index (κ2) is 9.92. The van der Waals surface area contributed by atoms with E-state index < -0.39 is 0 Å². The van der Waals surface area contributed by atoms with Crippen LogP contribution in [0, 0.1) is 0 Å². The van der Waals surface area contributed by atoms with Crippen LogP contribution in [0.3, 0.4) is 0 Å². The van der Waals surface area contributed by atoms with Gasteiger partial charge in [0.2, 0.25) is 0 Å². The Morgan fingerprint density at radius 3 is 2.85 bits per heavy atom. The smallest absolute Gasteiger partial charge is 0.152 e. The minimum atomic E-state index is -0.126. The molecule has 2 aromatic carbocycles. The fourth-order valence-corrected chi connectivity index (χ4v) is 4.10. The lowest BCUT2D eigenvalue weighted by Gasteiger charge is -2.27. The molecule has 7 heteroatoms. The number of methoxy groups -OCH3 is 1. The standard InChI is InChI=1S/C26H30N4O3/c1-4-21(32)15-27-23-11-10-20(13-19(23)16-31)28-24-9-6-12-30-17(2)25(29-26(24)30)18-7-5-8-22(14-18)33-3/h5-14,17,25,27-28,31H,4,15-16H2,1-3H3. The van der Waals surface area contributed by atoms with Crippen LogP contribution in [0.4, 0.5) is 11.4 Å². The zero-order valence-electron chi connectivity index (χ0n) is 19.2. The largest absolute Gasteiger partial charge is 0.497 e. The van der Waals surface area contributed by atoms with E-state index in [1.807, 2.05) is 61.7 Å². The van der Waals surface area contributed by atoms with E-state index in [0.717, 1.165) is 39.8 Å². The number of rotatable bonds is 9. The highest BCUT2D eigenvalue weighted by atomic mass is 16.5. The number of allylic oxidation sites excluding steroid dienone is 2. The molecule has 2 heterocycles. The van der Waals surface area contributed by atoms with E-state index in [4.69, 9.17) is 9.73 Å². The van der Waals surface area contributed by atoms with Crippen LogP contribution < -0.4 is 15.4 Å². The molecule has 2 unspecified atom stereocenters. The Bertz CT molecular complexity index is 1120. The molecule has 172 valence electrons. The van der Waals surface area contributed by atoms with Gasteiger partial charge in [0.1, 0.15) is 5.75 Å². The molecule has 7 nitrogen and oxygen atoms in total. The molecule has 0 spiro atoms. The summed E-state index contributed by atoms with van der Waals surface area (Å²) in [5.41, 5.74) is 4.32. The first kappa shape index (κ1) is 22.6. The first-order valence-electron chi connectivity index (χ1n) is 11.2. The van der Waals surface area contributed by atoms with Crippen LogP contribution in [-0.4, -0.2) is 41.3 Å². The molecule has 0 amide bonds. The van der Waals surface area contributed by atoms with Gasteiger partial charge in [0, 0.05) is 29.6 Å². The molecule has 0 saturated carbocycles. The summed E-state index contributed by atoms with van der Waals surface area (Å²) in [6.07, 6.45) is 6.54. The Labute approximate surface area is 194 Å². The molecule has 0 fully saturated rings. The molecule has 0 saturated heterocycles. The van der Waals surface area contributed by atoms with E-state index in [1.165, 1.54) is 0 Å². The van der Waals surface area contributed by atoms with Crippen molar-refractivity contribution in [2.75, 3.05) is 24.3 Å². The minimum absolute atomic E-state index is 0.0151. The molecule has 33 heavy (non-hydrogen) atoms. The molecule has 2 aliphatic heterocycles. The highest BCUT2D eigenvalue weighted by molar-refractivity contribution is 6.04. The van der Waals surface area contributed by atoms with Gasteiger partial charge in [-0.05, 0) is 55.0 Å². The molecule has 0 bridgehead atoms. The number of hydrogen-bond acceptors (Lipinski definition) is 7. The monoisotopic (exact) mass is 446 g/mol. The number of Topliss-reactive ketones (excluding diaryl/α,β-unsaturated/α-hetero) is 1. The molecular formula is C26H30N4O3. The lowest BCUT2D eigenvalue weighted by Crippen LogP contribution is -2.34. The van der Waals surface area contributed by atoms with Gasteiger partial charge in [-0.3, -0.25) is 9.79 Å². The first-order chi connectivity index (χ1) is 16.0. The predicted molar refractivity (Wildman–Crippen MR) is 131 cm³/mol. The van der Waals surface area contributed by atoms with Crippen molar-refractivity contribution in [1.29, 1.82) is 0 Å². The molecule has 0 aromatic heterocycles. The van der Waals surface area contributed by atoms with Crippen LogP contribution in [0.5, 0.6) is 5.75 Å². The van der Waals surface area contributed by atoms with Crippen LogP contribution in [0.15, 0.2) is 71.5 Å². The summed E-state index contributed by atoms with van der Waals surface area (Å²) in [7, 11) is 1.67. The number of ether oxygens (including phenoxy) is 1. The molecule has 4 rings (SSSR count). The van der Waals surface area contributed by atoms with E-state index in [9.17, 15) is 9.90 Å². The van der Waals surface area contributed by atoms with E-state index >= 15 is 0 Å². The van der Waals surface area contributed by atoms with Crippen LogP contribution in [0.25, 0.3) is 0 Å². The van der Waals surface area contributed by atoms with Crippen molar-refractivity contribution < 1.29 is 14.6 Å². The van der Waals surface area contributed by atoms with Gasteiger partial charge in [-0.15, -0.1) is 0 Å². The van der Waals surface area contributed by atoms with Gasteiger partial charge in [-0.25, -0.2) is 0 Å². The van der Waals surface area contributed by atoms with Crippen molar-refractivity contribution in [3.63, 3.8) is 0 Å². The average molecular weight is 447 g/mol. The number of nitrogens with one attached hydrogen (secondary N) is 2. The summed E-state index contributed by atoms with van der Waals surface area (Å²) >= 11 is 0. The van der Waals surface area contributed by atoms with Crippen molar-refractivity contribution in [3.8, 4) is 5.75 Å². The van der Waals surface area contributed by atoms with Crippen LogP contribution in [0.1, 0.15) is 37.4 Å². The summed E-state index contributed by atoms with van der Waals surface area (Å²) < 4.78 is 5.39. The maximum Gasteiger partial charge on any atom is 0.152 e. The Morgan fingerprint density at radius 1 is 1.24 bits per heavy atom. The minimum Gasteiger partial charge on any atom is -0.497 e. The number of nitrogens with zero attached hydrogens (tertiary/aromatic N) is 2. The molecule has 2 aliphatic rings. The third kappa shape index (κ3) is 4.78.